The van der Waals surface area contributed by atoms with E-state index in [4.69, 9.17) is 4.74 Å². The van der Waals surface area contributed by atoms with Crippen LogP contribution in [0.4, 0.5) is 5.69 Å². The van der Waals surface area contributed by atoms with E-state index < -0.39 is 10.0 Å². The van der Waals surface area contributed by atoms with Crippen molar-refractivity contribution in [3.05, 3.63) is 53.6 Å². The zero-order valence-corrected chi connectivity index (χ0v) is 16.3. The summed E-state index contributed by atoms with van der Waals surface area (Å²) >= 11 is 0. The molecule has 0 radical (unpaired) electrons. The number of sulfonamides is 1. The number of benzene rings is 2. The molecule has 0 aliphatic carbocycles. The Balaban J connectivity index is 2.37. The van der Waals surface area contributed by atoms with Crippen LogP contribution in [0.15, 0.2) is 47.4 Å². The zero-order valence-electron chi connectivity index (χ0n) is 15.4. The van der Waals surface area contributed by atoms with Gasteiger partial charge in [-0.3, -0.25) is 4.79 Å². The summed E-state index contributed by atoms with van der Waals surface area (Å²) in [5.41, 5.74) is 1.42. The van der Waals surface area contributed by atoms with Crippen LogP contribution in [0.1, 0.15) is 29.8 Å². The summed E-state index contributed by atoms with van der Waals surface area (Å²) in [5, 5.41) is 2.75. The van der Waals surface area contributed by atoms with Gasteiger partial charge >= 0.3 is 0 Å². The van der Waals surface area contributed by atoms with Gasteiger partial charge in [0.25, 0.3) is 5.91 Å². The molecule has 7 heteroatoms. The third kappa shape index (κ3) is 4.05. The molecule has 0 spiro atoms. The number of amides is 1. The highest BCUT2D eigenvalue weighted by atomic mass is 32.2. The normalized spacial score (nSPS) is 11.4. The number of carbonyl (C=O) groups excluding carboxylic acids is 1. The minimum absolute atomic E-state index is 0.194. The number of nitrogens with one attached hydrogen (secondary N) is 1. The lowest BCUT2D eigenvalue weighted by Crippen LogP contribution is -2.31. The predicted octanol–water partition coefficient (Wildman–Crippen LogP) is 3.29. The Labute approximate surface area is 154 Å². The fourth-order valence-electron chi connectivity index (χ4n) is 2.69. The first kappa shape index (κ1) is 19.9. The largest absolute Gasteiger partial charge is 0.496 e. The maximum atomic E-state index is 12.8. The summed E-state index contributed by atoms with van der Waals surface area (Å²) in [6, 6.07) is 11.7. The number of rotatable bonds is 7. The first-order chi connectivity index (χ1) is 12.3. The molecule has 0 aliphatic heterocycles. The molecule has 2 aromatic carbocycles. The van der Waals surface area contributed by atoms with Gasteiger partial charge in [-0.25, -0.2) is 8.42 Å². The van der Waals surface area contributed by atoms with E-state index in [9.17, 15) is 13.2 Å². The van der Waals surface area contributed by atoms with E-state index in [2.05, 4.69) is 5.32 Å². The number of anilines is 1. The third-order valence-electron chi connectivity index (χ3n) is 4.12. The highest BCUT2D eigenvalue weighted by molar-refractivity contribution is 7.89. The number of para-hydroxylation sites is 1. The fraction of sp³-hybridized carbons (Fsp3) is 0.316. The van der Waals surface area contributed by atoms with E-state index in [0.29, 0.717) is 35.7 Å². The predicted molar refractivity (Wildman–Crippen MR) is 102 cm³/mol. The van der Waals surface area contributed by atoms with Crippen molar-refractivity contribution >= 4 is 21.6 Å². The summed E-state index contributed by atoms with van der Waals surface area (Å²) in [6.07, 6.45) is 0. The Morgan fingerprint density at radius 1 is 1.12 bits per heavy atom. The van der Waals surface area contributed by atoms with Gasteiger partial charge in [0, 0.05) is 18.8 Å². The zero-order chi connectivity index (χ0) is 19.3. The maximum Gasteiger partial charge on any atom is 0.259 e. The van der Waals surface area contributed by atoms with Crippen molar-refractivity contribution in [1.82, 2.24) is 4.31 Å². The molecule has 0 fully saturated rings. The van der Waals surface area contributed by atoms with Crippen molar-refractivity contribution in [2.24, 2.45) is 0 Å². The topological polar surface area (TPSA) is 75.7 Å². The van der Waals surface area contributed by atoms with Crippen LogP contribution in [0.2, 0.25) is 0 Å². The number of aryl methyl sites for hydroxylation is 1. The Hall–Kier alpha value is -2.38. The van der Waals surface area contributed by atoms with Crippen molar-refractivity contribution in [2.45, 2.75) is 25.7 Å². The first-order valence-electron chi connectivity index (χ1n) is 8.40. The average Bonchev–Trinajstić information content (AvgIpc) is 2.63. The third-order valence-corrected chi connectivity index (χ3v) is 6.31. The molecular weight excluding hydrogens is 352 g/mol. The lowest BCUT2D eigenvalue weighted by Gasteiger charge is -2.20. The van der Waals surface area contributed by atoms with Crippen molar-refractivity contribution in [1.29, 1.82) is 0 Å². The van der Waals surface area contributed by atoms with Gasteiger partial charge in [0.15, 0.2) is 0 Å². The van der Waals surface area contributed by atoms with Crippen molar-refractivity contribution < 1.29 is 17.9 Å². The van der Waals surface area contributed by atoms with E-state index in [0.717, 1.165) is 0 Å². The molecule has 0 atom stereocenters. The van der Waals surface area contributed by atoms with Crippen LogP contribution in [-0.2, 0) is 10.0 Å². The van der Waals surface area contributed by atoms with E-state index >= 15 is 0 Å². The quantitative estimate of drug-likeness (QED) is 0.805. The minimum Gasteiger partial charge on any atom is -0.496 e. The number of carbonyl (C=O) groups is 1. The first-order valence-corrected chi connectivity index (χ1v) is 9.84. The van der Waals surface area contributed by atoms with Gasteiger partial charge in [-0.05, 0) is 36.8 Å². The lowest BCUT2D eigenvalue weighted by molar-refractivity contribution is 0.102. The summed E-state index contributed by atoms with van der Waals surface area (Å²) in [4.78, 5) is 12.7. The second-order valence-corrected chi connectivity index (χ2v) is 7.63. The molecule has 1 amide bonds. The standard InChI is InChI=1S/C19H24N2O4S/c1-5-21(6-2)26(23,24)18-13-15(12-11-14(18)3)20-19(22)16-9-7-8-10-17(16)25-4/h7-13H,5-6H2,1-4H3,(H,20,22). The molecule has 0 unspecified atom stereocenters. The second kappa shape index (κ2) is 8.33. The van der Waals surface area contributed by atoms with E-state index in [1.54, 1.807) is 57.2 Å². The van der Waals surface area contributed by atoms with Crippen LogP contribution in [0, 0.1) is 6.92 Å². The minimum atomic E-state index is -3.61. The van der Waals surface area contributed by atoms with Crippen LogP contribution in [0.25, 0.3) is 0 Å². The van der Waals surface area contributed by atoms with Gasteiger partial charge in [-0.15, -0.1) is 0 Å². The molecular formula is C19H24N2O4S. The molecule has 2 rings (SSSR count). The SMILES string of the molecule is CCN(CC)S(=O)(=O)c1cc(NC(=O)c2ccccc2OC)ccc1C. The van der Waals surface area contributed by atoms with Crippen molar-refractivity contribution in [2.75, 3.05) is 25.5 Å². The van der Waals surface area contributed by atoms with Gasteiger partial charge in [0.2, 0.25) is 10.0 Å². The Kier molecular flexibility index (Phi) is 6.39. The molecule has 0 bridgehead atoms. The maximum absolute atomic E-state index is 12.8. The average molecular weight is 376 g/mol. The van der Waals surface area contributed by atoms with Gasteiger partial charge in [0.05, 0.1) is 17.6 Å². The van der Waals surface area contributed by atoms with Crippen molar-refractivity contribution in [3.8, 4) is 5.75 Å². The van der Waals surface area contributed by atoms with Crippen LogP contribution in [-0.4, -0.2) is 38.8 Å². The summed E-state index contributed by atoms with van der Waals surface area (Å²) in [5.74, 6) is 0.0885. The van der Waals surface area contributed by atoms with Crippen LogP contribution < -0.4 is 10.1 Å². The van der Waals surface area contributed by atoms with Gasteiger partial charge in [0.1, 0.15) is 5.75 Å². The van der Waals surface area contributed by atoms with Gasteiger partial charge in [-0.2, -0.15) is 4.31 Å². The summed E-state index contributed by atoms with van der Waals surface area (Å²) in [7, 11) is -2.12. The lowest BCUT2D eigenvalue weighted by atomic mass is 10.1. The molecule has 0 saturated heterocycles. The van der Waals surface area contributed by atoms with Crippen LogP contribution in [0.3, 0.4) is 0 Å². The fourth-order valence-corrected chi connectivity index (χ4v) is 4.40. The number of ether oxygens (including phenoxy) is 1. The molecule has 0 saturated carbocycles. The summed E-state index contributed by atoms with van der Waals surface area (Å²) < 4.78 is 32.2. The molecule has 140 valence electrons. The van der Waals surface area contributed by atoms with E-state index in [1.165, 1.54) is 17.5 Å². The Morgan fingerprint density at radius 3 is 2.38 bits per heavy atom. The van der Waals surface area contributed by atoms with E-state index in [1.807, 2.05) is 0 Å². The van der Waals surface area contributed by atoms with Crippen LogP contribution in [0.5, 0.6) is 5.75 Å². The number of nitrogens with zero attached hydrogens (tertiary/aromatic N) is 1. The number of methoxy groups -OCH3 is 1. The number of hydrogen-bond donors (Lipinski definition) is 1. The highest BCUT2D eigenvalue weighted by Gasteiger charge is 2.24. The molecule has 1 N–H and O–H groups in total. The molecule has 6 nitrogen and oxygen atoms in total. The molecule has 0 aliphatic rings. The Morgan fingerprint density at radius 2 is 1.77 bits per heavy atom. The molecule has 26 heavy (non-hydrogen) atoms. The molecule has 0 aromatic heterocycles. The van der Waals surface area contributed by atoms with Crippen molar-refractivity contribution in [3.63, 3.8) is 0 Å². The van der Waals surface area contributed by atoms with Gasteiger partial charge < -0.3 is 10.1 Å². The Bertz CT molecular complexity index is 890. The van der Waals surface area contributed by atoms with Crippen LogP contribution >= 0.6 is 0 Å². The number of hydrogen-bond acceptors (Lipinski definition) is 4. The second-order valence-electron chi connectivity index (χ2n) is 5.72. The van der Waals surface area contributed by atoms with Gasteiger partial charge in [-0.1, -0.05) is 32.0 Å². The monoisotopic (exact) mass is 376 g/mol. The van der Waals surface area contributed by atoms with E-state index in [-0.39, 0.29) is 10.8 Å². The smallest absolute Gasteiger partial charge is 0.259 e. The molecule has 2 aromatic rings. The summed E-state index contributed by atoms with van der Waals surface area (Å²) in [6.45, 7) is 6.10. The highest BCUT2D eigenvalue weighted by Crippen LogP contribution is 2.25. The molecule has 0 heterocycles.